The molecule has 0 radical (unpaired) electrons. The fourth-order valence-electron chi connectivity index (χ4n) is 1.34. The zero-order valence-electron chi connectivity index (χ0n) is 8.43. The van der Waals surface area contributed by atoms with E-state index in [2.05, 4.69) is 9.63 Å². The van der Waals surface area contributed by atoms with Gasteiger partial charge >= 0.3 is 7.60 Å². The third kappa shape index (κ3) is 2.54. The van der Waals surface area contributed by atoms with Crippen molar-refractivity contribution in [3.8, 4) is 0 Å². The van der Waals surface area contributed by atoms with Crippen molar-refractivity contribution in [2.24, 2.45) is 0 Å². The summed E-state index contributed by atoms with van der Waals surface area (Å²) in [4.78, 5) is 12.2. The van der Waals surface area contributed by atoms with Crippen LogP contribution in [0.2, 0.25) is 0 Å². The molecule has 5 N–H and O–H groups in total. The maximum absolute atomic E-state index is 13.4. The largest absolute Gasteiger partial charge is 0.394 e. The number of aliphatic hydroxyl groups excluding tert-OH is 3. The number of rotatable bonds is 4. The van der Waals surface area contributed by atoms with Crippen LogP contribution in [0.3, 0.4) is 0 Å². The Morgan fingerprint density at radius 3 is 2.53 bits per heavy atom. The molecule has 2 unspecified atom stereocenters. The molecule has 1 aliphatic rings. The second-order valence-electron chi connectivity index (χ2n) is 3.24. The third-order valence-electron chi connectivity index (χ3n) is 2.16. The third-order valence-corrected chi connectivity index (χ3v) is 3.08. The molecule has 0 aromatic carbocycles. The Bertz CT molecular complexity index is 292. The number of aliphatic hydroxyl groups is 3. The summed E-state index contributed by atoms with van der Waals surface area (Å²) in [6.45, 7) is -0.682. The fraction of sp³-hybridized carbons (Fsp3) is 1.00. The van der Waals surface area contributed by atoms with Crippen molar-refractivity contribution >= 4 is 7.60 Å². The zero-order chi connectivity index (χ0) is 12.5. The lowest BCUT2D eigenvalue weighted by atomic mass is 10.1. The van der Waals surface area contributed by atoms with E-state index in [1.165, 1.54) is 0 Å². The minimum atomic E-state index is -4.89. The average molecular weight is 247 g/mol. The number of alkyl halides is 1. The number of ether oxygens (including phenoxy) is 1. The summed E-state index contributed by atoms with van der Waals surface area (Å²) in [5, 5.41) is 27.3. The molecule has 90 valence electrons. The van der Waals surface area contributed by atoms with Crippen LogP contribution in [0.25, 0.3) is 0 Å². The van der Waals surface area contributed by atoms with Gasteiger partial charge in [-0.3, -0.25) is 4.57 Å². The van der Waals surface area contributed by atoms with Crippen LogP contribution in [0.5, 0.6) is 0 Å². The summed E-state index contributed by atoms with van der Waals surface area (Å²) < 4.78 is 35.2. The Balaban J connectivity index is 2.79. The molecular weight excluding hydrogens is 234 g/mol. The summed E-state index contributed by atoms with van der Waals surface area (Å²) in [7, 11) is -4.89. The van der Waals surface area contributed by atoms with Crippen molar-refractivity contribution in [3.63, 3.8) is 0 Å². The molecule has 1 fully saturated rings. The van der Waals surface area contributed by atoms with Crippen LogP contribution in [-0.4, -0.2) is 63.5 Å². The van der Waals surface area contributed by atoms with E-state index >= 15 is 0 Å². The van der Waals surface area contributed by atoms with Gasteiger partial charge in [0, 0.05) is 0 Å². The first-order valence-electron chi connectivity index (χ1n) is 4.50. The Hall–Kier alpha value is -0.0800. The zero-order valence-corrected chi connectivity index (χ0v) is 8.33. The van der Waals surface area contributed by atoms with E-state index in [1.54, 1.807) is 0 Å². The Labute approximate surface area is 85.8 Å². The SMILES string of the molecule is [2H]OP(=O)(O)C(F)[C@H]1O[C@H](CO)[C@@H](O)[C@@H]1O. The van der Waals surface area contributed by atoms with Gasteiger partial charge < -0.3 is 29.8 Å². The maximum Gasteiger partial charge on any atom is 0.362 e. The van der Waals surface area contributed by atoms with Crippen molar-refractivity contribution in [1.29, 1.82) is 1.43 Å². The monoisotopic (exact) mass is 247 g/mol. The van der Waals surface area contributed by atoms with Gasteiger partial charge in [-0.05, 0) is 0 Å². The molecule has 0 aromatic rings. The maximum atomic E-state index is 13.4. The van der Waals surface area contributed by atoms with E-state index in [1.807, 2.05) is 0 Å². The normalized spacial score (nSPS) is 43.4. The van der Waals surface area contributed by atoms with Crippen LogP contribution in [0.1, 0.15) is 0 Å². The Kier molecular flexibility index (Phi) is 3.36. The first kappa shape index (κ1) is 11.4. The molecule has 1 aliphatic heterocycles. The second-order valence-corrected chi connectivity index (χ2v) is 4.86. The van der Waals surface area contributed by atoms with Gasteiger partial charge in [0.05, 0.1) is 6.61 Å². The van der Waals surface area contributed by atoms with Crippen molar-refractivity contribution in [2.75, 3.05) is 6.61 Å². The molecule has 1 rings (SSSR count). The van der Waals surface area contributed by atoms with Crippen molar-refractivity contribution in [2.45, 2.75) is 30.3 Å². The summed E-state index contributed by atoms with van der Waals surface area (Å²) in [5.74, 6) is -2.67. The Morgan fingerprint density at radius 2 is 2.13 bits per heavy atom. The fourth-order valence-corrected chi connectivity index (χ4v) is 1.96. The van der Waals surface area contributed by atoms with Crippen LogP contribution in [0.15, 0.2) is 0 Å². The van der Waals surface area contributed by atoms with Gasteiger partial charge in [0.2, 0.25) is 7.34 Å². The molecule has 1 heterocycles. The van der Waals surface area contributed by atoms with Gasteiger partial charge in [-0.15, -0.1) is 0 Å². The molecule has 1 saturated heterocycles. The van der Waals surface area contributed by atoms with Gasteiger partial charge in [0.15, 0.2) is 0 Å². The van der Waals surface area contributed by atoms with E-state index in [-0.39, 0.29) is 0 Å². The van der Waals surface area contributed by atoms with Crippen LogP contribution in [0.4, 0.5) is 4.39 Å². The highest BCUT2D eigenvalue weighted by atomic mass is 31.2. The number of halogens is 1. The highest BCUT2D eigenvalue weighted by Crippen LogP contribution is 2.47. The lowest BCUT2D eigenvalue weighted by Crippen LogP contribution is -2.37. The lowest BCUT2D eigenvalue weighted by molar-refractivity contribution is -0.0389. The minimum Gasteiger partial charge on any atom is -0.394 e. The van der Waals surface area contributed by atoms with Crippen LogP contribution in [0, 0.1) is 0 Å². The molecule has 15 heavy (non-hydrogen) atoms. The highest BCUT2D eigenvalue weighted by molar-refractivity contribution is 7.52. The average Bonchev–Trinajstić information content (AvgIpc) is 2.55. The first-order chi connectivity index (χ1) is 7.35. The summed E-state index contributed by atoms with van der Waals surface area (Å²) in [5.41, 5.74) is 0. The predicted molar refractivity (Wildman–Crippen MR) is 44.7 cm³/mol. The molecule has 0 bridgehead atoms. The minimum absolute atomic E-state index is 0.682. The van der Waals surface area contributed by atoms with Crippen LogP contribution in [-0.2, 0) is 9.30 Å². The van der Waals surface area contributed by atoms with Gasteiger partial charge in [-0.2, -0.15) is 0 Å². The summed E-state index contributed by atoms with van der Waals surface area (Å²) in [6.07, 6.45) is -6.42. The molecule has 0 aromatic heterocycles. The van der Waals surface area contributed by atoms with Crippen LogP contribution < -0.4 is 0 Å². The lowest BCUT2D eigenvalue weighted by Gasteiger charge is -2.19. The van der Waals surface area contributed by atoms with E-state index in [4.69, 9.17) is 11.4 Å². The van der Waals surface area contributed by atoms with Crippen LogP contribution >= 0.6 is 7.60 Å². The smallest absolute Gasteiger partial charge is 0.362 e. The van der Waals surface area contributed by atoms with E-state index in [0.717, 1.165) is 0 Å². The molecular formula is C6H12FO7P. The quantitative estimate of drug-likeness (QED) is 0.361. The predicted octanol–water partition coefficient (Wildman–Crippen LogP) is -2.06. The second kappa shape index (κ2) is 4.42. The van der Waals surface area contributed by atoms with Crippen molar-refractivity contribution in [1.82, 2.24) is 0 Å². The number of hydrogen-bond acceptors (Lipinski definition) is 6. The van der Waals surface area contributed by atoms with E-state index < -0.39 is 44.5 Å². The topological polar surface area (TPSA) is 127 Å². The molecule has 9 heteroatoms. The van der Waals surface area contributed by atoms with Gasteiger partial charge in [0.1, 0.15) is 24.4 Å². The molecule has 0 amide bonds. The van der Waals surface area contributed by atoms with Gasteiger partial charge in [-0.1, -0.05) is 0 Å². The Morgan fingerprint density at radius 1 is 1.53 bits per heavy atom. The van der Waals surface area contributed by atoms with E-state index in [9.17, 15) is 19.2 Å². The standard InChI is InChI=1S/C6H12FO7P/c7-6(15(11,12)13)5-4(10)3(9)2(1-8)14-5/h2-6,8-10H,1H2,(H2,11,12,13)/t2-,3-,4+,5+,6?/m1/s1/i/hD. The molecule has 7 nitrogen and oxygen atoms in total. The number of hydrogen-bond donors (Lipinski definition) is 5. The van der Waals surface area contributed by atoms with Gasteiger partial charge in [-0.25, -0.2) is 4.39 Å². The molecule has 0 saturated carbocycles. The first-order valence-corrected chi connectivity index (χ1v) is 5.73. The summed E-state index contributed by atoms with van der Waals surface area (Å²) in [6, 6.07) is 0. The molecule has 0 spiro atoms. The van der Waals surface area contributed by atoms with Gasteiger partial charge in [0.25, 0.3) is 0 Å². The molecule has 6 atom stereocenters. The highest BCUT2D eigenvalue weighted by Gasteiger charge is 2.51. The van der Waals surface area contributed by atoms with E-state index in [0.29, 0.717) is 0 Å². The summed E-state index contributed by atoms with van der Waals surface area (Å²) >= 11 is 0. The van der Waals surface area contributed by atoms with Crippen molar-refractivity contribution in [3.05, 3.63) is 0 Å². The van der Waals surface area contributed by atoms with Crippen molar-refractivity contribution < 1.29 is 38.8 Å². The molecule has 0 aliphatic carbocycles.